The van der Waals surface area contributed by atoms with Crippen molar-refractivity contribution in [1.82, 2.24) is 15.3 Å². The summed E-state index contributed by atoms with van der Waals surface area (Å²) in [6, 6.07) is 4.83. The largest absolute Gasteiger partial charge is 0.573 e. The highest BCUT2D eigenvalue weighted by molar-refractivity contribution is 7.17. The maximum absolute atomic E-state index is 12.6. The third-order valence-corrected chi connectivity index (χ3v) is 8.27. The summed E-state index contributed by atoms with van der Waals surface area (Å²) in [5, 5.41) is 13.6. The van der Waals surface area contributed by atoms with Crippen molar-refractivity contribution < 1.29 is 32.6 Å². The summed E-state index contributed by atoms with van der Waals surface area (Å²) in [5.74, 6) is -1.61. The van der Waals surface area contributed by atoms with Gasteiger partial charge in [0.25, 0.3) is 5.91 Å². The van der Waals surface area contributed by atoms with E-state index in [1.165, 1.54) is 12.1 Å². The number of fused-ring (bicyclic) bond motifs is 1. The Morgan fingerprint density at radius 1 is 1.19 bits per heavy atom. The van der Waals surface area contributed by atoms with Crippen molar-refractivity contribution in [3.8, 4) is 17.0 Å². The molecule has 36 heavy (non-hydrogen) atoms. The number of aryl methyl sites for hydroxylation is 1. The zero-order chi connectivity index (χ0) is 25.9. The molecule has 1 saturated heterocycles. The molecule has 3 heterocycles. The monoisotopic (exact) mass is 560 g/mol. The normalized spacial score (nSPS) is 20.8. The van der Waals surface area contributed by atoms with Crippen LogP contribution in [0.2, 0.25) is 10.0 Å². The first-order chi connectivity index (χ1) is 16.9. The number of nitrogens with zero attached hydrogens (tertiary/aromatic N) is 2. The van der Waals surface area contributed by atoms with E-state index in [9.17, 15) is 27.9 Å². The van der Waals surface area contributed by atoms with Gasteiger partial charge in [-0.15, -0.1) is 13.2 Å². The quantitative estimate of drug-likeness (QED) is 0.381. The number of aromatic nitrogens is 2. The van der Waals surface area contributed by atoms with Gasteiger partial charge >= 0.3 is 12.3 Å². The molecule has 1 aromatic carbocycles. The molecular formula is C22H17Cl2F3N4O4S. The molecule has 1 saturated carbocycles. The second-order valence-corrected chi connectivity index (χ2v) is 10.3. The summed E-state index contributed by atoms with van der Waals surface area (Å²) in [4.78, 5) is 33.7. The maximum atomic E-state index is 12.6. The predicted molar refractivity (Wildman–Crippen MR) is 127 cm³/mol. The number of hydrogen-bond acceptors (Lipinski definition) is 6. The molecular weight excluding hydrogens is 544 g/mol. The standard InChI is InChI=1S/C22H17Cl2F3N4O4S/c1-8-13(23)14(24)17(28-8)19(32)29-16-11-6-31(7-12(11)16)21-30-15(18(36-21)20(33)34)9-2-4-10(5-3-9)35-22(25,26)27/h2-5,11-12,16,28H,6-7H2,1H3,(H,29,32)(H,33,34)/t11-,12+,16+. The van der Waals surface area contributed by atoms with Crippen LogP contribution in [-0.4, -0.2) is 52.4 Å². The average molecular weight is 561 g/mol. The van der Waals surface area contributed by atoms with Crippen LogP contribution in [0.3, 0.4) is 0 Å². The Hall–Kier alpha value is -2.96. The Bertz CT molecular complexity index is 1350. The van der Waals surface area contributed by atoms with Crippen molar-refractivity contribution >= 4 is 51.5 Å². The number of anilines is 1. The van der Waals surface area contributed by atoms with Crippen LogP contribution in [-0.2, 0) is 0 Å². The molecule has 0 bridgehead atoms. The van der Waals surface area contributed by atoms with Crippen molar-refractivity contribution in [3.63, 3.8) is 0 Å². The SMILES string of the molecule is Cc1[nH]c(C(=O)N[C@H]2[C@@H]3CN(c4nc(-c5ccc(OC(F)(F)F)cc5)c(C(=O)O)s4)C[C@@H]32)c(Cl)c1Cl. The molecule has 0 unspecified atom stereocenters. The number of benzene rings is 1. The van der Waals surface area contributed by atoms with Crippen LogP contribution in [0, 0.1) is 18.8 Å². The molecule has 8 nitrogen and oxygen atoms in total. The smallest absolute Gasteiger partial charge is 0.477 e. The molecule has 0 radical (unpaired) electrons. The Balaban J connectivity index is 1.27. The number of carbonyl (C=O) groups is 2. The Morgan fingerprint density at radius 3 is 2.36 bits per heavy atom. The number of nitrogens with one attached hydrogen (secondary N) is 2. The van der Waals surface area contributed by atoms with Crippen molar-refractivity contribution in [1.29, 1.82) is 0 Å². The number of amides is 1. The fourth-order valence-corrected chi connectivity index (χ4v) is 5.81. The van der Waals surface area contributed by atoms with Crippen LogP contribution in [0.1, 0.15) is 25.9 Å². The first-order valence-corrected chi connectivity index (χ1v) is 12.2. The van der Waals surface area contributed by atoms with Crippen molar-refractivity contribution in [3.05, 3.63) is 50.6 Å². The third kappa shape index (κ3) is 4.60. The summed E-state index contributed by atoms with van der Waals surface area (Å²) >= 11 is 13.2. The number of thiazole rings is 1. The van der Waals surface area contributed by atoms with Gasteiger partial charge in [0.2, 0.25) is 0 Å². The number of carbonyl (C=O) groups excluding carboxylic acids is 1. The number of halogens is 5. The van der Waals surface area contributed by atoms with Crippen molar-refractivity contribution in [2.24, 2.45) is 11.8 Å². The molecule has 14 heteroatoms. The molecule has 190 valence electrons. The highest BCUT2D eigenvalue weighted by atomic mass is 35.5. The van der Waals surface area contributed by atoms with Crippen LogP contribution in [0.15, 0.2) is 24.3 Å². The number of rotatable bonds is 6. The second-order valence-electron chi connectivity index (χ2n) is 8.54. The number of hydrogen-bond donors (Lipinski definition) is 3. The lowest BCUT2D eigenvalue weighted by Gasteiger charge is -2.19. The molecule has 3 aromatic rings. The van der Waals surface area contributed by atoms with E-state index in [2.05, 4.69) is 20.0 Å². The molecule has 2 fully saturated rings. The number of piperidine rings is 1. The van der Waals surface area contributed by atoms with E-state index in [-0.39, 0.29) is 45.1 Å². The minimum absolute atomic E-state index is 0.0199. The van der Waals surface area contributed by atoms with Crippen LogP contribution in [0.5, 0.6) is 5.75 Å². The Morgan fingerprint density at radius 2 is 1.83 bits per heavy atom. The molecule has 1 aliphatic heterocycles. The molecule has 2 aliphatic rings. The van der Waals surface area contributed by atoms with Gasteiger partial charge < -0.3 is 25.0 Å². The fraction of sp³-hybridized carbons (Fsp3) is 0.318. The van der Waals surface area contributed by atoms with Crippen molar-refractivity contribution in [2.45, 2.75) is 19.3 Å². The lowest BCUT2D eigenvalue weighted by atomic mass is 10.1. The molecule has 1 amide bonds. The predicted octanol–water partition coefficient (Wildman–Crippen LogP) is 5.21. The van der Waals surface area contributed by atoms with Crippen LogP contribution < -0.4 is 15.0 Å². The second kappa shape index (κ2) is 8.86. The van der Waals surface area contributed by atoms with Crippen LogP contribution in [0.4, 0.5) is 18.3 Å². The molecule has 5 rings (SSSR count). The number of carboxylic acids is 1. The number of H-pyrrole nitrogens is 1. The van der Waals surface area contributed by atoms with E-state index in [0.29, 0.717) is 34.5 Å². The van der Waals surface area contributed by atoms with Gasteiger partial charge in [-0.2, -0.15) is 0 Å². The summed E-state index contributed by atoms with van der Waals surface area (Å²) in [7, 11) is 0. The number of ether oxygens (including phenoxy) is 1. The first kappa shape index (κ1) is 24.7. The summed E-state index contributed by atoms with van der Waals surface area (Å²) in [6.07, 6.45) is -4.82. The summed E-state index contributed by atoms with van der Waals surface area (Å²) in [5.41, 5.74) is 1.34. The number of aromatic carboxylic acids is 1. The van der Waals surface area contributed by atoms with Gasteiger partial charge in [-0.25, -0.2) is 9.78 Å². The van der Waals surface area contributed by atoms with Gasteiger partial charge in [0.15, 0.2) is 5.13 Å². The van der Waals surface area contributed by atoms with E-state index < -0.39 is 18.1 Å². The van der Waals surface area contributed by atoms with E-state index >= 15 is 0 Å². The van der Waals surface area contributed by atoms with Crippen molar-refractivity contribution in [2.75, 3.05) is 18.0 Å². The number of carboxylic acid groups (broad SMARTS) is 1. The van der Waals surface area contributed by atoms with E-state index in [4.69, 9.17) is 23.2 Å². The fourth-order valence-electron chi connectivity index (χ4n) is 4.45. The van der Waals surface area contributed by atoms with E-state index in [1.807, 2.05) is 4.90 Å². The molecule has 0 spiro atoms. The van der Waals surface area contributed by atoms with Gasteiger partial charge in [-0.1, -0.05) is 34.5 Å². The zero-order valence-electron chi connectivity index (χ0n) is 18.3. The van der Waals surface area contributed by atoms with Gasteiger partial charge in [0.1, 0.15) is 16.3 Å². The minimum Gasteiger partial charge on any atom is -0.477 e. The molecule has 3 atom stereocenters. The first-order valence-electron chi connectivity index (χ1n) is 10.6. The van der Waals surface area contributed by atoms with E-state index in [0.717, 1.165) is 23.5 Å². The maximum Gasteiger partial charge on any atom is 0.573 e. The highest BCUT2D eigenvalue weighted by Crippen LogP contribution is 2.48. The average Bonchev–Trinajstić information content (AvgIpc) is 3.20. The molecule has 3 N–H and O–H groups in total. The highest BCUT2D eigenvalue weighted by Gasteiger charge is 2.57. The van der Waals surface area contributed by atoms with Gasteiger partial charge in [0.05, 0.1) is 15.7 Å². The van der Waals surface area contributed by atoms with Gasteiger partial charge in [-0.3, -0.25) is 4.79 Å². The number of alkyl halides is 3. The van der Waals surface area contributed by atoms with Gasteiger partial charge in [0, 0.05) is 42.2 Å². The topological polar surface area (TPSA) is 108 Å². The number of aromatic amines is 1. The lowest BCUT2D eigenvalue weighted by Crippen LogP contribution is -2.34. The Labute approximate surface area is 216 Å². The van der Waals surface area contributed by atoms with Crippen LogP contribution >= 0.6 is 34.5 Å². The third-order valence-electron chi connectivity index (χ3n) is 6.21. The van der Waals surface area contributed by atoms with E-state index in [1.54, 1.807) is 6.92 Å². The molecule has 1 aliphatic carbocycles. The minimum atomic E-state index is -4.82. The van der Waals surface area contributed by atoms with Crippen LogP contribution in [0.25, 0.3) is 11.3 Å². The molecule has 2 aromatic heterocycles. The lowest BCUT2D eigenvalue weighted by molar-refractivity contribution is -0.274. The summed E-state index contributed by atoms with van der Waals surface area (Å²) < 4.78 is 41.1. The zero-order valence-corrected chi connectivity index (χ0v) is 20.6. The van der Waals surface area contributed by atoms with Gasteiger partial charge in [-0.05, 0) is 31.2 Å². The Kier molecular flexibility index (Phi) is 6.08. The summed E-state index contributed by atoms with van der Waals surface area (Å²) in [6.45, 7) is 2.85.